The van der Waals surface area contributed by atoms with Crippen molar-refractivity contribution in [2.24, 2.45) is 11.8 Å². The lowest BCUT2D eigenvalue weighted by Gasteiger charge is -2.37. The second-order valence-corrected chi connectivity index (χ2v) is 10.2. The van der Waals surface area contributed by atoms with Gasteiger partial charge in [-0.2, -0.15) is 0 Å². The fourth-order valence-electron chi connectivity index (χ4n) is 7.11. The zero-order chi connectivity index (χ0) is 25.7. The van der Waals surface area contributed by atoms with E-state index in [0.29, 0.717) is 24.2 Å². The van der Waals surface area contributed by atoms with E-state index in [1.165, 1.54) is 19.2 Å². The predicted octanol–water partition coefficient (Wildman–Crippen LogP) is 2.96. The summed E-state index contributed by atoms with van der Waals surface area (Å²) in [6.07, 6.45) is 1.54. The van der Waals surface area contributed by atoms with E-state index in [4.69, 9.17) is 4.74 Å². The van der Waals surface area contributed by atoms with Crippen LogP contribution in [0.2, 0.25) is 0 Å². The van der Waals surface area contributed by atoms with E-state index in [1.807, 2.05) is 26.0 Å². The Morgan fingerprint density at radius 1 is 1.08 bits per heavy atom. The highest BCUT2D eigenvalue weighted by Crippen LogP contribution is 2.61. The smallest absolute Gasteiger partial charge is 0.311 e. The highest BCUT2D eigenvalue weighted by Gasteiger charge is 2.74. The van der Waals surface area contributed by atoms with Crippen molar-refractivity contribution in [1.82, 2.24) is 4.90 Å². The molecule has 10 heteroatoms. The van der Waals surface area contributed by atoms with Crippen LogP contribution in [0.5, 0.6) is 5.75 Å². The molecular formula is C26H26N4O6. The largest absolute Gasteiger partial charge is 0.490 e. The number of nitro groups is 1. The maximum absolute atomic E-state index is 14.2. The van der Waals surface area contributed by atoms with Gasteiger partial charge < -0.3 is 10.1 Å². The van der Waals surface area contributed by atoms with Gasteiger partial charge >= 0.3 is 5.69 Å². The van der Waals surface area contributed by atoms with Crippen LogP contribution >= 0.6 is 0 Å². The molecule has 3 fully saturated rings. The Bertz CT molecular complexity index is 1400. The van der Waals surface area contributed by atoms with Crippen molar-refractivity contribution in [3.8, 4) is 5.75 Å². The van der Waals surface area contributed by atoms with E-state index in [2.05, 4.69) is 10.2 Å². The van der Waals surface area contributed by atoms with Crippen LogP contribution in [0.3, 0.4) is 0 Å². The maximum Gasteiger partial charge on any atom is 0.311 e. The number of rotatable bonds is 3. The van der Waals surface area contributed by atoms with Crippen LogP contribution in [0.4, 0.5) is 17.1 Å². The normalized spacial score (nSPS) is 28.5. The van der Waals surface area contributed by atoms with Gasteiger partial charge in [-0.05, 0) is 51.3 Å². The number of amides is 3. The molecule has 4 aliphatic heterocycles. The van der Waals surface area contributed by atoms with Gasteiger partial charge in [0.05, 0.1) is 29.6 Å². The van der Waals surface area contributed by atoms with Crippen LogP contribution in [-0.4, -0.2) is 47.2 Å². The van der Waals surface area contributed by atoms with Gasteiger partial charge in [0, 0.05) is 29.4 Å². The summed E-state index contributed by atoms with van der Waals surface area (Å²) in [5.41, 5.74) is 2.51. The minimum atomic E-state index is -1.27. The monoisotopic (exact) mass is 490 g/mol. The molecule has 186 valence electrons. The lowest BCUT2D eigenvalue weighted by atomic mass is 9.75. The number of nitro benzene ring substituents is 1. The lowest BCUT2D eigenvalue weighted by Crippen LogP contribution is -2.54. The number of anilines is 2. The first-order chi connectivity index (χ1) is 17.1. The Balaban J connectivity index is 1.55. The molecule has 0 aliphatic carbocycles. The highest BCUT2D eigenvalue weighted by molar-refractivity contribution is 6.26. The number of carbonyl (C=O) groups excluding carboxylic acids is 3. The molecule has 0 unspecified atom stereocenters. The number of imide groups is 1. The summed E-state index contributed by atoms with van der Waals surface area (Å²) in [4.78, 5) is 56.2. The second-order valence-electron chi connectivity index (χ2n) is 10.2. The van der Waals surface area contributed by atoms with Gasteiger partial charge in [0.15, 0.2) is 5.75 Å². The Morgan fingerprint density at radius 3 is 2.53 bits per heavy atom. The van der Waals surface area contributed by atoms with Crippen LogP contribution in [0.15, 0.2) is 24.3 Å². The number of hydrogen-bond acceptors (Lipinski definition) is 7. The molecule has 3 amide bonds. The number of fused-ring (bicyclic) bond motifs is 7. The van der Waals surface area contributed by atoms with Crippen LogP contribution in [0, 0.1) is 42.7 Å². The van der Waals surface area contributed by atoms with Gasteiger partial charge in [0.1, 0.15) is 5.54 Å². The van der Waals surface area contributed by atoms with Gasteiger partial charge in [-0.15, -0.1) is 0 Å². The number of aryl methyl sites for hydroxylation is 3. The number of methoxy groups -OCH3 is 1. The van der Waals surface area contributed by atoms with Crippen molar-refractivity contribution in [2.75, 3.05) is 23.9 Å². The number of nitrogens with one attached hydrogen (secondary N) is 1. The zero-order valence-corrected chi connectivity index (χ0v) is 20.5. The van der Waals surface area contributed by atoms with E-state index < -0.39 is 28.2 Å². The SMILES string of the molecule is COc1cc(N2C(=O)[C@@H]3[C@@H]4CCCN4[C@]4(C(=O)Nc5c(C)cc(C)cc54)[C@H]3C2=O)c(C)cc1[N+](=O)[O-]. The van der Waals surface area contributed by atoms with Crippen molar-refractivity contribution in [1.29, 1.82) is 0 Å². The van der Waals surface area contributed by atoms with E-state index in [0.717, 1.165) is 28.0 Å². The Hall–Kier alpha value is -3.79. The highest BCUT2D eigenvalue weighted by atomic mass is 16.6. The average molecular weight is 491 g/mol. The van der Waals surface area contributed by atoms with Crippen LogP contribution < -0.4 is 15.0 Å². The zero-order valence-electron chi connectivity index (χ0n) is 20.5. The van der Waals surface area contributed by atoms with Crippen molar-refractivity contribution < 1.29 is 24.0 Å². The molecule has 10 nitrogen and oxygen atoms in total. The molecule has 0 bridgehead atoms. The molecule has 36 heavy (non-hydrogen) atoms. The summed E-state index contributed by atoms with van der Waals surface area (Å²) in [5.74, 6) is -2.71. The molecule has 2 aromatic rings. The number of benzene rings is 2. The molecule has 0 saturated carbocycles. The van der Waals surface area contributed by atoms with E-state index in [1.54, 1.807) is 6.92 Å². The molecule has 0 aromatic heterocycles. The van der Waals surface area contributed by atoms with E-state index >= 15 is 0 Å². The summed E-state index contributed by atoms with van der Waals surface area (Å²) in [5, 5.41) is 14.5. The first-order valence-electron chi connectivity index (χ1n) is 12.0. The number of ether oxygens (including phenoxy) is 1. The minimum Gasteiger partial charge on any atom is -0.490 e. The molecule has 1 spiro atoms. The average Bonchev–Trinajstić information content (AvgIpc) is 3.53. The van der Waals surface area contributed by atoms with Gasteiger partial charge in [0.25, 0.3) is 0 Å². The molecule has 4 aliphatic rings. The molecule has 4 heterocycles. The standard InChI is InChI=1S/C26H26N4O6/c1-12-8-14(3)22-15(9-12)26(25(33)27-22)21-20(16-6-5-7-28(16)26)23(31)29(24(21)32)17-11-19(36-4)18(30(34)35)10-13(17)2/h8-11,16,20-21H,5-7H2,1-4H3,(H,27,33)/t16-,20+,21+,26-/m0/s1. The maximum atomic E-state index is 14.2. The second kappa shape index (κ2) is 7.36. The predicted molar refractivity (Wildman–Crippen MR) is 130 cm³/mol. The molecule has 6 rings (SSSR count). The Labute approximate surface area is 207 Å². The summed E-state index contributed by atoms with van der Waals surface area (Å²) < 4.78 is 5.22. The Kier molecular flexibility index (Phi) is 4.63. The third kappa shape index (κ3) is 2.57. The number of hydrogen-bond donors (Lipinski definition) is 1. The van der Waals surface area contributed by atoms with Crippen molar-refractivity contribution in [3.63, 3.8) is 0 Å². The first kappa shape index (κ1) is 22.7. The van der Waals surface area contributed by atoms with Crippen LogP contribution in [0.25, 0.3) is 0 Å². The number of carbonyl (C=O) groups is 3. The molecular weight excluding hydrogens is 464 g/mol. The molecule has 3 saturated heterocycles. The quantitative estimate of drug-likeness (QED) is 0.399. The van der Waals surface area contributed by atoms with Gasteiger partial charge in [-0.25, -0.2) is 4.90 Å². The molecule has 0 radical (unpaired) electrons. The van der Waals surface area contributed by atoms with Gasteiger partial charge in [-0.1, -0.05) is 17.7 Å². The number of nitrogens with zero attached hydrogens (tertiary/aromatic N) is 3. The van der Waals surface area contributed by atoms with Crippen LogP contribution in [0.1, 0.15) is 35.1 Å². The molecule has 4 atom stereocenters. The summed E-state index contributed by atoms with van der Waals surface area (Å²) in [7, 11) is 1.31. The van der Waals surface area contributed by atoms with E-state index in [-0.39, 0.29) is 35.0 Å². The van der Waals surface area contributed by atoms with Crippen LogP contribution in [-0.2, 0) is 19.9 Å². The third-order valence-electron chi connectivity index (χ3n) is 8.38. The Morgan fingerprint density at radius 2 is 1.83 bits per heavy atom. The minimum absolute atomic E-state index is 0.0364. The summed E-state index contributed by atoms with van der Waals surface area (Å²) in [6.45, 7) is 6.14. The van der Waals surface area contributed by atoms with Crippen molar-refractivity contribution >= 4 is 34.8 Å². The topological polar surface area (TPSA) is 122 Å². The van der Waals surface area contributed by atoms with Crippen molar-refractivity contribution in [2.45, 2.75) is 45.2 Å². The van der Waals surface area contributed by atoms with Gasteiger partial charge in [0.2, 0.25) is 17.7 Å². The third-order valence-corrected chi connectivity index (χ3v) is 8.38. The fraction of sp³-hybridized carbons (Fsp3) is 0.423. The summed E-state index contributed by atoms with van der Waals surface area (Å²) >= 11 is 0. The van der Waals surface area contributed by atoms with Crippen molar-refractivity contribution in [3.05, 3.63) is 56.6 Å². The summed E-state index contributed by atoms with van der Waals surface area (Å²) in [6, 6.07) is 6.39. The fourth-order valence-corrected chi connectivity index (χ4v) is 7.11. The molecule has 2 aromatic carbocycles. The van der Waals surface area contributed by atoms with Gasteiger partial charge in [-0.3, -0.25) is 29.4 Å². The first-order valence-corrected chi connectivity index (χ1v) is 12.0. The van der Waals surface area contributed by atoms with E-state index in [9.17, 15) is 24.5 Å². The molecule has 1 N–H and O–H groups in total. The lowest BCUT2D eigenvalue weighted by molar-refractivity contribution is -0.385.